The molecule has 2 aliphatic carbocycles. The van der Waals surface area contributed by atoms with Gasteiger partial charge in [0.2, 0.25) is 0 Å². The molecule has 1 aliphatic heterocycles. The minimum atomic E-state index is -0.819. The molecule has 0 spiro atoms. The molecule has 0 radical (unpaired) electrons. The number of hydrogen-bond donors (Lipinski definition) is 0. The van der Waals surface area contributed by atoms with E-state index >= 15 is 0 Å². The van der Waals surface area contributed by atoms with Crippen molar-refractivity contribution in [2.24, 2.45) is 0 Å². The van der Waals surface area contributed by atoms with Crippen LogP contribution in [0.1, 0.15) is 56.9 Å². The van der Waals surface area contributed by atoms with E-state index in [0.29, 0.717) is 66.8 Å². The summed E-state index contributed by atoms with van der Waals surface area (Å²) >= 11 is 0. The van der Waals surface area contributed by atoms with Crippen LogP contribution < -0.4 is 9.84 Å². The molecule has 0 bridgehead atoms. The number of hydrogen-bond acceptors (Lipinski definition) is 7. The second-order valence-corrected chi connectivity index (χ2v) is 7.32. The van der Waals surface area contributed by atoms with Crippen molar-refractivity contribution in [3.63, 3.8) is 0 Å². The highest BCUT2D eigenvalue weighted by molar-refractivity contribution is 6.05. The van der Waals surface area contributed by atoms with E-state index in [9.17, 15) is 24.8 Å². The highest BCUT2D eigenvalue weighted by Gasteiger charge is 2.42. The van der Waals surface area contributed by atoms with Crippen LogP contribution in [0.25, 0.3) is 0 Å². The highest BCUT2D eigenvalue weighted by Crippen LogP contribution is 2.49. The zero-order valence-corrected chi connectivity index (χ0v) is 16.0. The Kier molecular flexibility index (Phi) is 4.86. The maximum atomic E-state index is 12.8. The Balaban J connectivity index is 1.96. The summed E-state index contributed by atoms with van der Waals surface area (Å²) < 4.78 is 11.3. The van der Waals surface area contributed by atoms with Gasteiger partial charge in [-0.15, -0.1) is 0 Å². The molecule has 3 aliphatic rings. The van der Waals surface area contributed by atoms with Crippen LogP contribution in [-0.2, 0) is 14.3 Å². The van der Waals surface area contributed by atoms with Gasteiger partial charge in [-0.2, -0.15) is 0 Å². The number of nitro benzene ring substituents is 1. The van der Waals surface area contributed by atoms with Crippen molar-refractivity contribution in [3.8, 4) is 11.5 Å². The van der Waals surface area contributed by atoms with Crippen molar-refractivity contribution < 1.29 is 29.1 Å². The van der Waals surface area contributed by atoms with E-state index < -0.39 is 22.3 Å². The number of ether oxygens (including phenoxy) is 2. The summed E-state index contributed by atoms with van der Waals surface area (Å²) in [7, 11) is 0. The lowest BCUT2D eigenvalue weighted by molar-refractivity contribution is -0.398. The Morgan fingerprint density at radius 2 is 1.66 bits per heavy atom. The van der Waals surface area contributed by atoms with Crippen LogP contribution in [0.15, 0.2) is 34.8 Å². The van der Waals surface area contributed by atoms with Gasteiger partial charge in [-0.05, 0) is 31.4 Å². The number of benzene rings is 1. The fraction of sp³-hybridized carbons (Fsp3) is 0.429. The Morgan fingerprint density at radius 3 is 2.17 bits per heavy atom. The molecule has 0 saturated heterocycles. The average Bonchev–Trinajstić information content (AvgIpc) is 2.68. The third kappa shape index (κ3) is 3.18. The minimum Gasteiger partial charge on any atom is -0.865 e. The van der Waals surface area contributed by atoms with Crippen molar-refractivity contribution in [3.05, 3.63) is 50.5 Å². The predicted octanol–water partition coefficient (Wildman–Crippen LogP) is 3.20. The molecular weight excluding hydrogens is 378 g/mol. The third-order valence-electron chi connectivity index (χ3n) is 5.53. The van der Waals surface area contributed by atoms with Gasteiger partial charge in [0.05, 0.1) is 11.5 Å². The van der Waals surface area contributed by atoms with E-state index in [4.69, 9.17) is 9.47 Å². The van der Waals surface area contributed by atoms with E-state index in [-0.39, 0.29) is 23.9 Å². The molecule has 0 aromatic heterocycles. The molecule has 4 rings (SSSR count). The van der Waals surface area contributed by atoms with E-state index in [2.05, 4.69) is 0 Å². The molecular formula is C21H20NO7-. The first kappa shape index (κ1) is 19.2. The number of nitro groups is 1. The molecule has 29 heavy (non-hydrogen) atoms. The van der Waals surface area contributed by atoms with Gasteiger partial charge in [0.1, 0.15) is 17.3 Å². The summed E-state index contributed by atoms with van der Waals surface area (Å²) in [6, 6.07) is 2.59. The summed E-state index contributed by atoms with van der Waals surface area (Å²) in [5.41, 5.74) is 0.461. The summed E-state index contributed by atoms with van der Waals surface area (Å²) in [5, 5.41) is 23.9. The van der Waals surface area contributed by atoms with Crippen LogP contribution in [0.4, 0.5) is 5.69 Å². The first-order valence-electron chi connectivity index (χ1n) is 9.74. The Hall–Kier alpha value is -3.16. The van der Waals surface area contributed by atoms with Gasteiger partial charge in [-0.1, -0.05) is 0 Å². The molecule has 1 heterocycles. The second-order valence-electron chi connectivity index (χ2n) is 7.32. The average molecular weight is 398 g/mol. The zero-order valence-electron chi connectivity index (χ0n) is 16.0. The van der Waals surface area contributed by atoms with Crippen LogP contribution in [0.3, 0.4) is 0 Å². The quantitative estimate of drug-likeness (QED) is 0.564. The van der Waals surface area contributed by atoms with E-state index in [0.717, 1.165) is 0 Å². The topological polar surface area (TPSA) is 119 Å². The Bertz CT molecular complexity index is 947. The van der Waals surface area contributed by atoms with Gasteiger partial charge < -0.3 is 14.6 Å². The van der Waals surface area contributed by atoms with E-state index in [1.807, 2.05) is 0 Å². The molecule has 0 atom stereocenters. The Morgan fingerprint density at radius 1 is 1.07 bits per heavy atom. The van der Waals surface area contributed by atoms with Crippen molar-refractivity contribution in [1.29, 1.82) is 0 Å². The van der Waals surface area contributed by atoms with Gasteiger partial charge in [0, 0.05) is 54.6 Å². The van der Waals surface area contributed by atoms with E-state index in [1.54, 1.807) is 6.92 Å². The maximum Gasteiger partial charge on any atom is 0.265 e. The molecule has 1 aromatic rings. The minimum absolute atomic E-state index is 0.131. The third-order valence-corrected chi connectivity index (χ3v) is 5.53. The fourth-order valence-corrected chi connectivity index (χ4v) is 4.32. The van der Waals surface area contributed by atoms with Crippen molar-refractivity contribution >= 4 is 17.3 Å². The van der Waals surface area contributed by atoms with Crippen LogP contribution in [-0.4, -0.2) is 23.1 Å². The first-order chi connectivity index (χ1) is 13.9. The normalized spacial score (nSPS) is 19.6. The molecule has 0 fully saturated rings. The maximum absolute atomic E-state index is 12.8. The number of nitrogens with zero attached hydrogens (tertiary/aromatic N) is 1. The summed E-state index contributed by atoms with van der Waals surface area (Å²) in [6.45, 7) is 1.83. The summed E-state index contributed by atoms with van der Waals surface area (Å²) in [6.07, 6.45) is 3.12. The van der Waals surface area contributed by atoms with Crippen molar-refractivity contribution in [1.82, 2.24) is 0 Å². The van der Waals surface area contributed by atoms with Gasteiger partial charge in [-0.25, -0.2) is 0 Å². The Labute approximate surface area is 167 Å². The molecule has 152 valence electrons. The second kappa shape index (κ2) is 7.35. The predicted molar refractivity (Wildman–Crippen MR) is 99.3 cm³/mol. The molecule has 8 heteroatoms. The van der Waals surface area contributed by atoms with E-state index in [1.165, 1.54) is 12.1 Å². The fourth-order valence-electron chi connectivity index (χ4n) is 4.32. The smallest absolute Gasteiger partial charge is 0.265 e. The van der Waals surface area contributed by atoms with Crippen molar-refractivity contribution in [2.45, 2.75) is 51.4 Å². The summed E-state index contributed by atoms with van der Waals surface area (Å²) in [5.74, 6) is -0.938. The highest BCUT2D eigenvalue weighted by atomic mass is 16.6. The van der Waals surface area contributed by atoms with Crippen LogP contribution >= 0.6 is 0 Å². The monoisotopic (exact) mass is 398 g/mol. The summed E-state index contributed by atoms with van der Waals surface area (Å²) in [4.78, 5) is 36.3. The SMILES string of the molecule is CCOc1cc(C2C3=C(CCCC3=O)OC3=C2C(=O)CCC3)cc([N+](=O)[O-])c1[O-]. The van der Waals surface area contributed by atoms with Crippen LogP contribution in [0.2, 0.25) is 0 Å². The lowest BCUT2D eigenvalue weighted by Crippen LogP contribution is -2.30. The molecule has 8 nitrogen and oxygen atoms in total. The molecule has 0 saturated carbocycles. The zero-order chi connectivity index (χ0) is 20.7. The van der Waals surface area contributed by atoms with Crippen molar-refractivity contribution in [2.75, 3.05) is 6.61 Å². The van der Waals surface area contributed by atoms with Gasteiger partial charge in [0.25, 0.3) is 5.69 Å². The number of ketones is 2. The number of allylic oxidation sites excluding steroid dienone is 4. The van der Waals surface area contributed by atoms with Crippen LogP contribution in [0, 0.1) is 10.1 Å². The molecule has 0 N–H and O–H groups in total. The standard InChI is InChI=1S/C21H21NO7/c1-2-28-17-10-11(9-12(21(17)25)22(26)27)18-19-13(23)5-3-7-15(19)29-16-8-4-6-14(24)20(16)18/h9-10,18,25H,2-8H2,1H3/p-1. The lowest BCUT2D eigenvalue weighted by Gasteiger charge is -2.36. The number of carbonyl (C=O) groups is 2. The number of Topliss-reactive ketones (excluding diaryl/α,β-unsaturated/α-hetero) is 2. The molecule has 1 aromatic carbocycles. The number of carbonyl (C=O) groups excluding carboxylic acids is 2. The largest absolute Gasteiger partial charge is 0.865 e. The van der Waals surface area contributed by atoms with Gasteiger partial charge in [0.15, 0.2) is 11.6 Å². The van der Waals surface area contributed by atoms with Crippen LogP contribution in [0.5, 0.6) is 11.5 Å². The van der Waals surface area contributed by atoms with Gasteiger partial charge in [-0.3, -0.25) is 19.7 Å². The lowest BCUT2D eigenvalue weighted by atomic mass is 9.73. The number of rotatable bonds is 4. The molecule has 0 amide bonds. The van der Waals surface area contributed by atoms with Gasteiger partial charge >= 0.3 is 0 Å². The first-order valence-corrected chi connectivity index (χ1v) is 9.74. The molecule has 0 unspecified atom stereocenters.